The van der Waals surface area contributed by atoms with Crippen LogP contribution in [0, 0.1) is 0 Å². The van der Waals surface area contributed by atoms with Crippen molar-refractivity contribution in [3.05, 3.63) is 82.3 Å². The molecular formula is C25H24BrN3O6. The second-order valence-corrected chi connectivity index (χ2v) is 8.36. The van der Waals surface area contributed by atoms with Gasteiger partial charge in [0.25, 0.3) is 0 Å². The number of halogens is 1. The molecule has 0 atom stereocenters. The fourth-order valence-corrected chi connectivity index (χ4v) is 3.65. The number of aromatic hydroxyl groups is 2. The predicted molar refractivity (Wildman–Crippen MR) is 136 cm³/mol. The fourth-order valence-electron chi connectivity index (χ4n) is 3.38. The Morgan fingerprint density at radius 3 is 2.06 bits per heavy atom. The highest BCUT2D eigenvalue weighted by molar-refractivity contribution is 9.10. The number of aliphatic hydroxyl groups excluding tert-OH is 2. The molecule has 0 saturated carbocycles. The first-order valence-electron chi connectivity index (χ1n) is 10.7. The third kappa shape index (κ3) is 5.86. The third-order valence-electron chi connectivity index (χ3n) is 5.01. The molecular weight excluding hydrogens is 518 g/mol. The van der Waals surface area contributed by atoms with Crippen molar-refractivity contribution in [1.29, 1.82) is 0 Å². The van der Waals surface area contributed by atoms with Crippen molar-refractivity contribution in [3.8, 4) is 23.0 Å². The highest BCUT2D eigenvalue weighted by Crippen LogP contribution is 2.34. The lowest BCUT2D eigenvalue weighted by Crippen LogP contribution is -2.36. The number of aliphatic hydroxyl groups is 2. The highest BCUT2D eigenvalue weighted by atomic mass is 79.9. The van der Waals surface area contributed by atoms with Gasteiger partial charge in [0.2, 0.25) is 0 Å². The first-order valence-corrected chi connectivity index (χ1v) is 11.5. The van der Waals surface area contributed by atoms with Crippen LogP contribution in [0.2, 0.25) is 0 Å². The molecule has 1 aliphatic rings. The van der Waals surface area contributed by atoms with Crippen LogP contribution < -0.4 is 20.0 Å². The van der Waals surface area contributed by atoms with Crippen molar-refractivity contribution < 1.29 is 29.9 Å². The van der Waals surface area contributed by atoms with E-state index < -0.39 is 0 Å². The van der Waals surface area contributed by atoms with Crippen LogP contribution in [0.25, 0.3) is 5.70 Å². The summed E-state index contributed by atoms with van der Waals surface area (Å²) in [5, 5.41) is 45.3. The Kier molecular flexibility index (Phi) is 7.76. The molecule has 0 saturated heterocycles. The van der Waals surface area contributed by atoms with Gasteiger partial charge in [0.1, 0.15) is 41.9 Å². The molecule has 0 unspecified atom stereocenters. The number of hydrogen-bond acceptors (Lipinski definition) is 9. The number of ether oxygens (including phenoxy) is 2. The van der Waals surface area contributed by atoms with Gasteiger partial charge in [-0.05, 0) is 48.0 Å². The molecule has 182 valence electrons. The molecule has 5 N–H and O–H groups in total. The van der Waals surface area contributed by atoms with Crippen molar-refractivity contribution in [2.45, 2.75) is 0 Å². The van der Waals surface area contributed by atoms with Crippen molar-refractivity contribution in [2.75, 3.05) is 31.5 Å². The van der Waals surface area contributed by atoms with Crippen molar-refractivity contribution in [2.24, 2.45) is 5.10 Å². The topological polar surface area (TPSA) is 127 Å². The van der Waals surface area contributed by atoms with E-state index in [2.05, 4.69) is 26.5 Å². The molecule has 3 aromatic carbocycles. The van der Waals surface area contributed by atoms with Gasteiger partial charge in [-0.2, -0.15) is 10.2 Å². The third-order valence-corrected chi connectivity index (χ3v) is 5.54. The summed E-state index contributed by atoms with van der Waals surface area (Å²) in [7, 11) is 0. The number of anilines is 1. The number of nitrogens with zero attached hydrogens (tertiary/aromatic N) is 2. The molecule has 3 aromatic rings. The van der Waals surface area contributed by atoms with E-state index >= 15 is 0 Å². The Morgan fingerprint density at radius 1 is 0.829 bits per heavy atom. The van der Waals surface area contributed by atoms with E-state index in [9.17, 15) is 10.2 Å². The predicted octanol–water partition coefficient (Wildman–Crippen LogP) is 3.37. The molecule has 4 rings (SSSR count). The van der Waals surface area contributed by atoms with Crippen molar-refractivity contribution >= 4 is 33.0 Å². The molecule has 0 radical (unpaired) electrons. The van der Waals surface area contributed by atoms with E-state index in [4.69, 9.17) is 19.7 Å². The average molecular weight is 542 g/mol. The molecule has 35 heavy (non-hydrogen) atoms. The molecule has 0 aliphatic carbocycles. The van der Waals surface area contributed by atoms with Crippen LogP contribution in [0.15, 0.2) is 76.3 Å². The number of nitrogens with one attached hydrogen (secondary N) is 1. The number of allylic oxidation sites excluding steroid dienone is 1. The lowest BCUT2D eigenvalue weighted by Gasteiger charge is -2.28. The van der Waals surface area contributed by atoms with E-state index in [0.717, 1.165) is 10.0 Å². The lowest BCUT2D eigenvalue weighted by molar-refractivity contribution is 0.201. The standard InChI is InChI=1S/C25H24BrN3O6/c26-17-3-1-16(2-4-17)21-15-22(20-7-5-18(13-24(20)32)34-11-9-30)28-29(27-21)23-8-6-19(14-25(23)33)35-12-10-31/h1-8,13-15,27,30-33H,9-12H2. The Balaban J connectivity index is 1.73. The van der Waals surface area contributed by atoms with Gasteiger partial charge >= 0.3 is 0 Å². The maximum absolute atomic E-state index is 10.7. The van der Waals surface area contributed by atoms with E-state index in [0.29, 0.717) is 34.2 Å². The normalized spacial score (nSPS) is 13.1. The zero-order valence-corrected chi connectivity index (χ0v) is 20.1. The number of benzene rings is 3. The van der Waals surface area contributed by atoms with Gasteiger partial charge in [0.05, 0.1) is 24.6 Å². The van der Waals surface area contributed by atoms with Crippen LogP contribution in [0.3, 0.4) is 0 Å². The van der Waals surface area contributed by atoms with Gasteiger partial charge < -0.3 is 29.9 Å². The largest absolute Gasteiger partial charge is 0.507 e. The zero-order chi connectivity index (χ0) is 24.8. The molecule has 9 nitrogen and oxygen atoms in total. The van der Waals surface area contributed by atoms with Crippen molar-refractivity contribution in [3.63, 3.8) is 0 Å². The second-order valence-electron chi connectivity index (χ2n) is 7.45. The summed E-state index contributed by atoms with van der Waals surface area (Å²) >= 11 is 3.44. The molecule has 0 bridgehead atoms. The number of hydrogen-bond donors (Lipinski definition) is 5. The minimum atomic E-state index is -0.140. The zero-order valence-electron chi connectivity index (χ0n) is 18.6. The molecule has 1 heterocycles. The highest BCUT2D eigenvalue weighted by Gasteiger charge is 2.21. The molecule has 0 spiro atoms. The minimum Gasteiger partial charge on any atom is -0.507 e. The van der Waals surface area contributed by atoms with Gasteiger partial charge in [-0.1, -0.05) is 28.1 Å². The number of hydrazine groups is 1. The van der Waals surface area contributed by atoms with Crippen LogP contribution in [0.1, 0.15) is 11.1 Å². The molecule has 0 aromatic heterocycles. The molecule has 0 amide bonds. The van der Waals surface area contributed by atoms with Crippen molar-refractivity contribution in [1.82, 2.24) is 5.43 Å². The molecule has 1 aliphatic heterocycles. The summed E-state index contributed by atoms with van der Waals surface area (Å²) < 4.78 is 11.7. The summed E-state index contributed by atoms with van der Waals surface area (Å²) in [6, 6.07) is 17.2. The SMILES string of the molecule is OCCOc1ccc(C2=NN(c3ccc(OCCO)cc3O)NC(c3ccc(Br)cc3)=C2)c(O)c1. The first kappa shape index (κ1) is 24.4. The van der Waals surface area contributed by atoms with Crippen LogP contribution >= 0.6 is 15.9 Å². The first-order chi connectivity index (χ1) is 17.0. The summed E-state index contributed by atoms with van der Waals surface area (Å²) in [5.41, 5.74) is 5.96. The second kappa shape index (κ2) is 11.1. The number of phenols is 2. The quantitative estimate of drug-likeness (QED) is 0.279. The van der Waals surface area contributed by atoms with Crippen LogP contribution in [-0.2, 0) is 0 Å². The Hall–Kier alpha value is -3.73. The Morgan fingerprint density at radius 2 is 1.46 bits per heavy atom. The van der Waals surface area contributed by atoms with Gasteiger partial charge in [-0.3, -0.25) is 5.43 Å². The number of rotatable bonds is 9. The van der Waals surface area contributed by atoms with Gasteiger partial charge in [-0.15, -0.1) is 0 Å². The van der Waals surface area contributed by atoms with E-state index in [1.54, 1.807) is 30.3 Å². The molecule has 10 heteroatoms. The van der Waals surface area contributed by atoms with E-state index in [1.165, 1.54) is 17.3 Å². The van der Waals surface area contributed by atoms with Crippen LogP contribution in [0.5, 0.6) is 23.0 Å². The monoisotopic (exact) mass is 541 g/mol. The Bertz CT molecular complexity index is 1250. The smallest absolute Gasteiger partial charge is 0.146 e. The van der Waals surface area contributed by atoms with Crippen LogP contribution in [0.4, 0.5) is 5.69 Å². The van der Waals surface area contributed by atoms with Crippen LogP contribution in [-0.4, -0.2) is 52.6 Å². The summed E-state index contributed by atoms with van der Waals surface area (Å²) in [5.74, 6) is 0.677. The summed E-state index contributed by atoms with van der Waals surface area (Å²) in [6.07, 6.45) is 1.79. The Labute approximate surface area is 210 Å². The number of hydrazone groups is 1. The average Bonchev–Trinajstić information content (AvgIpc) is 2.86. The maximum Gasteiger partial charge on any atom is 0.146 e. The number of phenolic OH excluding ortho intramolecular Hbond substituents is 2. The van der Waals surface area contributed by atoms with Gasteiger partial charge in [0, 0.05) is 22.2 Å². The lowest BCUT2D eigenvalue weighted by atomic mass is 10.0. The van der Waals surface area contributed by atoms with E-state index in [1.807, 2.05) is 24.3 Å². The minimum absolute atomic E-state index is 0.0515. The summed E-state index contributed by atoms with van der Waals surface area (Å²) in [6.45, 7) is -0.0554. The van der Waals surface area contributed by atoms with Gasteiger partial charge in [-0.25, -0.2) is 0 Å². The van der Waals surface area contributed by atoms with E-state index in [-0.39, 0.29) is 37.9 Å². The fraction of sp³-hybridized carbons (Fsp3) is 0.160. The van der Waals surface area contributed by atoms with Gasteiger partial charge in [0.15, 0.2) is 0 Å². The summed E-state index contributed by atoms with van der Waals surface area (Å²) in [4.78, 5) is 0. The molecule has 0 fully saturated rings. The maximum atomic E-state index is 10.7.